The highest BCUT2D eigenvalue weighted by Crippen LogP contribution is 2.33. The zero-order chi connectivity index (χ0) is 14.7. The van der Waals surface area contributed by atoms with Crippen LogP contribution < -0.4 is 9.47 Å². The highest BCUT2D eigenvalue weighted by atomic mass is 35.5. The average Bonchev–Trinajstić information content (AvgIpc) is 2.53. The molecule has 1 aliphatic rings. The van der Waals surface area contributed by atoms with Crippen LogP contribution in [0.25, 0.3) is 0 Å². The van der Waals surface area contributed by atoms with E-state index in [0.29, 0.717) is 23.1 Å². The summed E-state index contributed by atoms with van der Waals surface area (Å²) in [6.45, 7) is 0.348. The van der Waals surface area contributed by atoms with Gasteiger partial charge in [0.25, 0.3) is 0 Å². The number of rotatable bonds is 4. The molecule has 0 aromatic heterocycles. The third kappa shape index (κ3) is 3.46. The van der Waals surface area contributed by atoms with Crippen molar-refractivity contribution in [3.63, 3.8) is 0 Å². The fourth-order valence-corrected chi connectivity index (χ4v) is 3.31. The van der Waals surface area contributed by atoms with Crippen molar-refractivity contribution in [2.45, 2.75) is 17.1 Å². The van der Waals surface area contributed by atoms with E-state index >= 15 is 0 Å². The number of aliphatic hydroxyl groups is 1. The standard InChI is InChI=1S/C16H15ClO3S/c17-11-5-1-4-8-16(11)21-10-12(18)15-9-19-13-6-2-3-7-14(13)20-15/h1-8,12,15,18H,9-10H2. The fourth-order valence-electron chi connectivity index (χ4n) is 2.07. The van der Waals surface area contributed by atoms with Crippen LogP contribution in [0.15, 0.2) is 53.4 Å². The molecule has 3 rings (SSSR count). The van der Waals surface area contributed by atoms with E-state index < -0.39 is 6.10 Å². The smallest absolute Gasteiger partial charge is 0.161 e. The Labute approximate surface area is 132 Å². The maximum Gasteiger partial charge on any atom is 0.161 e. The summed E-state index contributed by atoms with van der Waals surface area (Å²) in [4.78, 5) is 0.954. The molecule has 1 aliphatic heterocycles. The minimum absolute atomic E-state index is 0.348. The van der Waals surface area contributed by atoms with Gasteiger partial charge in [0, 0.05) is 10.6 Å². The number of ether oxygens (including phenoxy) is 2. The van der Waals surface area contributed by atoms with Crippen LogP contribution in [0.4, 0.5) is 0 Å². The molecule has 0 bridgehead atoms. The molecule has 0 amide bonds. The largest absolute Gasteiger partial charge is 0.486 e. The number of fused-ring (bicyclic) bond motifs is 1. The molecule has 0 spiro atoms. The first kappa shape index (κ1) is 14.6. The topological polar surface area (TPSA) is 38.7 Å². The second-order valence-electron chi connectivity index (χ2n) is 4.72. The number of hydrogen-bond acceptors (Lipinski definition) is 4. The van der Waals surface area contributed by atoms with Crippen LogP contribution in [-0.4, -0.2) is 29.7 Å². The molecule has 0 aliphatic carbocycles. The molecular weight excluding hydrogens is 308 g/mol. The SMILES string of the molecule is OC(CSc1ccccc1Cl)C1COc2ccccc2O1. The number of halogens is 1. The number of hydrogen-bond donors (Lipinski definition) is 1. The summed E-state index contributed by atoms with van der Waals surface area (Å²) in [5, 5.41) is 11.0. The van der Waals surface area contributed by atoms with Crippen LogP contribution in [0.5, 0.6) is 11.5 Å². The molecule has 0 radical (unpaired) electrons. The molecule has 2 unspecified atom stereocenters. The molecule has 1 heterocycles. The van der Waals surface area contributed by atoms with E-state index in [1.807, 2.05) is 48.5 Å². The Balaban J connectivity index is 1.60. The first-order valence-corrected chi connectivity index (χ1v) is 8.04. The van der Waals surface area contributed by atoms with Crippen LogP contribution in [0.1, 0.15) is 0 Å². The minimum Gasteiger partial charge on any atom is -0.486 e. The maximum atomic E-state index is 10.3. The molecule has 2 aromatic carbocycles. The van der Waals surface area contributed by atoms with E-state index in [-0.39, 0.29) is 6.10 Å². The van der Waals surface area contributed by atoms with Crippen LogP contribution in [0.2, 0.25) is 5.02 Å². The predicted octanol–water partition coefficient (Wildman–Crippen LogP) is 3.63. The number of aliphatic hydroxyl groups excluding tert-OH is 1. The maximum absolute atomic E-state index is 10.3. The van der Waals surface area contributed by atoms with Gasteiger partial charge in [0.2, 0.25) is 0 Å². The highest BCUT2D eigenvalue weighted by molar-refractivity contribution is 7.99. The Kier molecular flexibility index (Phi) is 4.58. The molecule has 5 heteroatoms. The summed E-state index contributed by atoms with van der Waals surface area (Å²) in [5.74, 6) is 1.90. The summed E-state index contributed by atoms with van der Waals surface area (Å²) in [6, 6.07) is 15.1. The van der Waals surface area contributed by atoms with Gasteiger partial charge in [0.1, 0.15) is 12.7 Å². The van der Waals surface area contributed by atoms with Gasteiger partial charge in [0.15, 0.2) is 17.6 Å². The van der Waals surface area contributed by atoms with Gasteiger partial charge >= 0.3 is 0 Å². The van der Waals surface area contributed by atoms with Gasteiger partial charge in [-0.1, -0.05) is 35.9 Å². The lowest BCUT2D eigenvalue weighted by molar-refractivity contribution is 0.00147. The lowest BCUT2D eigenvalue weighted by Gasteiger charge is -2.29. The second kappa shape index (κ2) is 6.60. The molecular formula is C16H15ClO3S. The summed E-state index contributed by atoms with van der Waals surface area (Å²) >= 11 is 7.61. The lowest BCUT2D eigenvalue weighted by Crippen LogP contribution is -2.41. The fraction of sp³-hybridized carbons (Fsp3) is 0.250. The molecule has 2 atom stereocenters. The van der Waals surface area contributed by atoms with Crippen molar-refractivity contribution in [3.05, 3.63) is 53.6 Å². The zero-order valence-corrected chi connectivity index (χ0v) is 12.8. The van der Waals surface area contributed by atoms with Crippen molar-refractivity contribution in [2.24, 2.45) is 0 Å². The van der Waals surface area contributed by atoms with Crippen molar-refractivity contribution in [1.82, 2.24) is 0 Å². The van der Waals surface area contributed by atoms with Gasteiger partial charge in [-0.05, 0) is 24.3 Å². The van der Waals surface area contributed by atoms with Gasteiger partial charge in [-0.2, -0.15) is 0 Å². The van der Waals surface area contributed by atoms with Crippen LogP contribution >= 0.6 is 23.4 Å². The van der Waals surface area contributed by atoms with Gasteiger partial charge in [-0.3, -0.25) is 0 Å². The van der Waals surface area contributed by atoms with Crippen molar-refractivity contribution in [2.75, 3.05) is 12.4 Å². The molecule has 3 nitrogen and oxygen atoms in total. The summed E-state index contributed by atoms with van der Waals surface area (Å²) in [6.07, 6.45) is -0.991. The van der Waals surface area contributed by atoms with E-state index in [2.05, 4.69) is 0 Å². The van der Waals surface area contributed by atoms with Gasteiger partial charge in [0.05, 0.1) is 5.02 Å². The van der Waals surface area contributed by atoms with E-state index in [1.165, 1.54) is 11.8 Å². The van der Waals surface area contributed by atoms with Gasteiger partial charge < -0.3 is 14.6 Å². The minimum atomic E-state index is -0.625. The van der Waals surface area contributed by atoms with Gasteiger partial charge in [-0.25, -0.2) is 0 Å². The zero-order valence-electron chi connectivity index (χ0n) is 11.2. The molecule has 21 heavy (non-hydrogen) atoms. The molecule has 2 aromatic rings. The van der Waals surface area contributed by atoms with Crippen LogP contribution in [-0.2, 0) is 0 Å². The summed E-state index contributed by atoms with van der Waals surface area (Å²) < 4.78 is 11.4. The second-order valence-corrected chi connectivity index (χ2v) is 6.19. The van der Waals surface area contributed by atoms with E-state index in [0.717, 1.165) is 10.6 Å². The Hall–Kier alpha value is -1.36. The van der Waals surface area contributed by atoms with E-state index in [4.69, 9.17) is 21.1 Å². The van der Waals surface area contributed by atoms with Crippen molar-refractivity contribution < 1.29 is 14.6 Å². The number of thioether (sulfide) groups is 1. The van der Waals surface area contributed by atoms with Crippen LogP contribution in [0, 0.1) is 0 Å². The first-order valence-electron chi connectivity index (χ1n) is 6.68. The van der Waals surface area contributed by atoms with Crippen molar-refractivity contribution >= 4 is 23.4 Å². The summed E-state index contributed by atoms with van der Waals surface area (Å²) in [7, 11) is 0. The van der Waals surface area contributed by atoms with Crippen molar-refractivity contribution in [1.29, 1.82) is 0 Å². The number of para-hydroxylation sites is 2. The Morgan fingerprint density at radius 2 is 1.86 bits per heavy atom. The molecule has 0 saturated carbocycles. The van der Waals surface area contributed by atoms with E-state index in [9.17, 15) is 5.11 Å². The lowest BCUT2D eigenvalue weighted by atomic mass is 10.2. The molecule has 0 saturated heterocycles. The van der Waals surface area contributed by atoms with E-state index in [1.54, 1.807) is 0 Å². The normalized spacial score (nSPS) is 18.3. The van der Waals surface area contributed by atoms with Gasteiger partial charge in [-0.15, -0.1) is 11.8 Å². The Morgan fingerprint density at radius 3 is 2.67 bits per heavy atom. The third-order valence-electron chi connectivity index (χ3n) is 3.21. The predicted molar refractivity (Wildman–Crippen MR) is 84.5 cm³/mol. The Bertz CT molecular complexity index is 620. The molecule has 0 fully saturated rings. The summed E-state index contributed by atoms with van der Waals surface area (Å²) in [5.41, 5.74) is 0. The highest BCUT2D eigenvalue weighted by Gasteiger charge is 2.27. The average molecular weight is 323 g/mol. The quantitative estimate of drug-likeness (QED) is 0.872. The molecule has 1 N–H and O–H groups in total. The monoisotopic (exact) mass is 322 g/mol. The van der Waals surface area contributed by atoms with Crippen LogP contribution in [0.3, 0.4) is 0 Å². The third-order valence-corrected chi connectivity index (χ3v) is 4.82. The molecule has 110 valence electrons. The Morgan fingerprint density at radius 1 is 1.14 bits per heavy atom. The number of benzene rings is 2. The van der Waals surface area contributed by atoms with Crippen molar-refractivity contribution in [3.8, 4) is 11.5 Å². The first-order chi connectivity index (χ1) is 10.2.